The number of halogens is 1. The van der Waals surface area contributed by atoms with Crippen LogP contribution in [0, 0.1) is 0 Å². The van der Waals surface area contributed by atoms with Gasteiger partial charge in [-0.3, -0.25) is 4.90 Å². The van der Waals surface area contributed by atoms with Gasteiger partial charge in [0.1, 0.15) is 0 Å². The molecule has 0 spiro atoms. The summed E-state index contributed by atoms with van der Waals surface area (Å²) in [5, 5.41) is 0.409. The monoisotopic (exact) mass is 285 g/mol. The van der Waals surface area contributed by atoms with Crippen molar-refractivity contribution in [2.75, 3.05) is 19.1 Å². The number of benzene rings is 1. The molecular formula is C13H16ClNO4. The molecule has 1 aromatic carbocycles. The maximum Gasteiger partial charge on any atom is 0.414 e. The number of methoxy groups -OCH3 is 1. The van der Waals surface area contributed by atoms with Gasteiger partial charge < -0.3 is 9.47 Å². The molecule has 0 radical (unpaired) electrons. The summed E-state index contributed by atoms with van der Waals surface area (Å²) in [5.41, 5.74) is 0.583. The molecule has 0 fully saturated rings. The predicted octanol–water partition coefficient (Wildman–Crippen LogP) is 3.11. The maximum atomic E-state index is 11.8. The molecule has 0 heterocycles. The second-order valence-electron chi connectivity index (χ2n) is 4.14. The molecule has 104 valence electrons. The minimum Gasteiger partial charge on any atom is -0.465 e. The van der Waals surface area contributed by atoms with Crippen LogP contribution in [0.15, 0.2) is 18.2 Å². The highest BCUT2D eigenvalue weighted by Gasteiger charge is 2.21. The van der Waals surface area contributed by atoms with Gasteiger partial charge in [-0.2, -0.15) is 0 Å². The normalized spacial score (nSPS) is 10.2. The molecule has 1 amide bonds. The van der Waals surface area contributed by atoms with Gasteiger partial charge >= 0.3 is 12.1 Å². The van der Waals surface area contributed by atoms with Crippen LogP contribution in [0.4, 0.5) is 10.5 Å². The number of carbonyl (C=O) groups is 2. The second-order valence-corrected chi connectivity index (χ2v) is 4.58. The van der Waals surface area contributed by atoms with E-state index in [1.165, 1.54) is 31.2 Å². The van der Waals surface area contributed by atoms with Crippen molar-refractivity contribution in [3.8, 4) is 0 Å². The molecule has 6 heteroatoms. The SMILES string of the molecule is COC(=O)c1ccc(Cl)cc1N(C)C(=O)OC(C)C. The Hall–Kier alpha value is -1.75. The summed E-state index contributed by atoms with van der Waals surface area (Å²) in [6.45, 7) is 3.48. The number of carbonyl (C=O) groups excluding carboxylic acids is 2. The lowest BCUT2D eigenvalue weighted by Gasteiger charge is -2.21. The van der Waals surface area contributed by atoms with E-state index in [1.54, 1.807) is 19.9 Å². The third-order valence-electron chi connectivity index (χ3n) is 2.34. The first-order chi connectivity index (χ1) is 8.86. The third-order valence-corrected chi connectivity index (χ3v) is 2.57. The molecule has 0 N–H and O–H groups in total. The number of ether oxygens (including phenoxy) is 2. The van der Waals surface area contributed by atoms with Crippen LogP contribution in [0.3, 0.4) is 0 Å². The number of amides is 1. The quantitative estimate of drug-likeness (QED) is 0.801. The van der Waals surface area contributed by atoms with E-state index in [4.69, 9.17) is 16.3 Å². The average molecular weight is 286 g/mol. The fourth-order valence-corrected chi connectivity index (χ4v) is 1.61. The molecule has 1 rings (SSSR count). The Morgan fingerprint density at radius 2 is 1.95 bits per heavy atom. The molecule has 0 aromatic heterocycles. The summed E-state index contributed by atoms with van der Waals surface area (Å²) in [6, 6.07) is 4.57. The summed E-state index contributed by atoms with van der Waals surface area (Å²) in [4.78, 5) is 24.7. The number of nitrogens with zero attached hydrogens (tertiary/aromatic N) is 1. The standard InChI is InChI=1S/C13H16ClNO4/c1-8(2)19-13(17)15(3)11-7-9(14)5-6-10(11)12(16)18-4/h5-8H,1-4H3. The van der Waals surface area contributed by atoms with Crippen LogP contribution in [-0.2, 0) is 9.47 Å². The van der Waals surface area contributed by atoms with E-state index in [9.17, 15) is 9.59 Å². The van der Waals surface area contributed by atoms with Gasteiger partial charge in [0.2, 0.25) is 0 Å². The van der Waals surface area contributed by atoms with E-state index in [2.05, 4.69) is 4.74 Å². The van der Waals surface area contributed by atoms with Crippen LogP contribution < -0.4 is 4.90 Å². The highest BCUT2D eigenvalue weighted by molar-refractivity contribution is 6.31. The highest BCUT2D eigenvalue weighted by Crippen LogP contribution is 2.25. The molecule has 5 nitrogen and oxygen atoms in total. The predicted molar refractivity (Wildman–Crippen MR) is 72.8 cm³/mol. The second kappa shape index (κ2) is 6.43. The minimum absolute atomic E-state index is 0.245. The summed E-state index contributed by atoms with van der Waals surface area (Å²) >= 11 is 5.89. The van der Waals surface area contributed by atoms with Crippen molar-refractivity contribution in [1.29, 1.82) is 0 Å². The molecule has 0 saturated heterocycles. The van der Waals surface area contributed by atoms with Crippen molar-refractivity contribution in [1.82, 2.24) is 0 Å². The van der Waals surface area contributed by atoms with Crippen molar-refractivity contribution in [3.05, 3.63) is 28.8 Å². The zero-order valence-electron chi connectivity index (χ0n) is 11.3. The molecule has 0 bridgehead atoms. The summed E-state index contributed by atoms with van der Waals surface area (Å²) in [5.74, 6) is -0.545. The molecular weight excluding hydrogens is 270 g/mol. The Morgan fingerprint density at radius 3 is 2.47 bits per heavy atom. The maximum absolute atomic E-state index is 11.8. The van der Waals surface area contributed by atoms with Gasteiger partial charge in [-0.1, -0.05) is 11.6 Å². The Bertz CT molecular complexity index is 488. The van der Waals surface area contributed by atoms with Gasteiger partial charge in [-0.05, 0) is 32.0 Å². The largest absolute Gasteiger partial charge is 0.465 e. The Labute approximate surface area is 117 Å². The molecule has 0 atom stereocenters. The first-order valence-electron chi connectivity index (χ1n) is 5.69. The Morgan fingerprint density at radius 1 is 1.32 bits per heavy atom. The molecule has 0 aliphatic rings. The van der Waals surface area contributed by atoms with E-state index in [1.807, 2.05) is 0 Å². The number of esters is 1. The van der Waals surface area contributed by atoms with Crippen LogP contribution in [0.2, 0.25) is 5.02 Å². The Kier molecular flexibility index (Phi) is 5.18. The zero-order valence-corrected chi connectivity index (χ0v) is 12.0. The van der Waals surface area contributed by atoms with Gasteiger partial charge in [0.15, 0.2) is 0 Å². The lowest BCUT2D eigenvalue weighted by atomic mass is 10.1. The lowest BCUT2D eigenvalue weighted by Crippen LogP contribution is -2.30. The zero-order chi connectivity index (χ0) is 14.6. The summed E-state index contributed by atoms with van der Waals surface area (Å²) in [7, 11) is 2.77. The summed E-state index contributed by atoms with van der Waals surface area (Å²) in [6.07, 6.45) is -0.821. The molecule has 19 heavy (non-hydrogen) atoms. The smallest absolute Gasteiger partial charge is 0.414 e. The van der Waals surface area contributed by atoms with Crippen molar-refractivity contribution in [3.63, 3.8) is 0 Å². The molecule has 0 saturated carbocycles. The lowest BCUT2D eigenvalue weighted by molar-refractivity contribution is 0.0601. The van der Waals surface area contributed by atoms with Gasteiger partial charge in [0.25, 0.3) is 0 Å². The number of anilines is 1. The average Bonchev–Trinajstić information content (AvgIpc) is 2.36. The van der Waals surface area contributed by atoms with Crippen molar-refractivity contribution in [2.24, 2.45) is 0 Å². The van der Waals surface area contributed by atoms with Gasteiger partial charge in [0.05, 0.1) is 24.5 Å². The number of rotatable bonds is 3. The van der Waals surface area contributed by atoms with Crippen LogP contribution in [0.1, 0.15) is 24.2 Å². The first-order valence-corrected chi connectivity index (χ1v) is 6.06. The van der Waals surface area contributed by atoms with E-state index >= 15 is 0 Å². The molecule has 0 unspecified atom stereocenters. The van der Waals surface area contributed by atoms with Crippen LogP contribution in [0.25, 0.3) is 0 Å². The topological polar surface area (TPSA) is 55.8 Å². The fourth-order valence-electron chi connectivity index (χ4n) is 1.44. The van der Waals surface area contributed by atoms with E-state index in [0.717, 1.165) is 0 Å². The van der Waals surface area contributed by atoms with Crippen LogP contribution in [-0.4, -0.2) is 32.3 Å². The fraction of sp³-hybridized carbons (Fsp3) is 0.385. The van der Waals surface area contributed by atoms with Crippen LogP contribution >= 0.6 is 11.6 Å². The highest BCUT2D eigenvalue weighted by atomic mass is 35.5. The minimum atomic E-state index is -0.567. The Balaban J connectivity index is 3.13. The van der Waals surface area contributed by atoms with Gasteiger partial charge in [0, 0.05) is 12.1 Å². The molecule has 0 aliphatic carbocycles. The van der Waals surface area contributed by atoms with Crippen molar-refractivity contribution in [2.45, 2.75) is 20.0 Å². The van der Waals surface area contributed by atoms with E-state index in [0.29, 0.717) is 10.7 Å². The molecule has 0 aliphatic heterocycles. The van der Waals surface area contributed by atoms with E-state index < -0.39 is 12.1 Å². The van der Waals surface area contributed by atoms with E-state index in [-0.39, 0.29) is 11.7 Å². The number of hydrogen-bond acceptors (Lipinski definition) is 4. The third kappa shape index (κ3) is 3.86. The summed E-state index contributed by atoms with van der Waals surface area (Å²) < 4.78 is 9.73. The van der Waals surface area contributed by atoms with Gasteiger partial charge in [-0.15, -0.1) is 0 Å². The molecule has 1 aromatic rings. The number of hydrogen-bond donors (Lipinski definition) is 0. The first kappa shape index (κ1) is 15.3. The van der Waals surface area contributed by atoms with Crippen molar-refractivity contribution < 1.29 is 19.1 Å². The van der Waals surface area contributed by atoms with Crippen molar-refractivity contribution >= 4 is 29.4 Å². The van der Waals surface area contributed by atoms with Gasteiger partial charge in [-0.25, -0.2) is 9.59 Å². The van der Waals surface area contributed by atoms with Crippen LogP contribution in [0.5, 0.6) is 0 Å².